The number of likely N-dealkylation sites (tertiary alicyclic amines) is 1. The second-order valence-corrected chi connectivity index (χ2v) is 5.69. The molecule has 2 heterocycles. The molecule has 0 aromatic rings. The molecule has 0 spiro atoms. The van der Waals surface area contributed by atoms with Crippen LogP contribution in [0.1, 0.15) is 32.6 Å². The molecule has 2 N–H and O–H groups in total. The van der Waals surface area contributed by atoms with E-state index in [1.807, 2.05) is 0 Å². The van der Waals surface area contributed by atoms with Gasteiger partial charge in [0.2, 0.25) is 0 Å². The number of hydrogen-bond acceptors (Lipinski definition) is 4. The Labute approximate surface area is 111 Å². The van der Waals surface area contributed by atoms with Gasteiger partial charge in [-0.15, -0.1) is 0 Å². The van der Waals surface area contributed by atoms with Gasteiger partial charge in [-0.1, -0.05) is 6.92 Å². The summed E-state index contributed by atoms with van der Waals surface area (Å²) in [5, 5.41) is 0. The van der Waals surface area contributed by atoms with E-state index in [0.29, 0.717) is 18.2 Å². The van der Waals surface area contributed by atoms with Crippen molar-refractivity contribution in [1.82, 2.24) is 9.80 Å². The van der Waals surface area contributed by atoms with Gasteiger partial charge >= 0.3 is 0 Å². The highest BCUT2D eigenvalue weighted by Crippen LogP contribution is 2.23. The first-order valence-electron chi connectivity index (χ1n) is 7.52. The van der Waals surface area contributed by atoms with Crippen molar-refractivity contribution in [2.45, 2.75) is 50.8 Å². The quantitative estimate of drug-likeness (QED) is 0.793. The summed E-state index contributed by atoms with van der Waals surface area (Å²) in [5.41, 5.74) is 5.98. The maximum Gasteiger partial charge on any atom is 0.0743 e. The van der Waals surface area contributed by atoms with Crippen LogP contribution in [0.5, 0.6) is 0 Å². The minimum absolute atomic E-state index is 0.365. The molecule has 2 rings (SSSR count). The minimum atomic E-state index is 0.365. The lowest BCUT2D eigenvalue weighted by molar-refractivity contribution is 0.00759. The molecule has 18 heavy (non-hydrogen) atoms. The van der Waals surface area contributed by atoms with Gasteiger partial charge in [-0.3, -0.25) is 4.90 Å². The van der Waals surface area contributed by atoms with E-state index in [2.05, 4.69) is 23.8 Å². The van der Waals surface area contributed by atoms with Gasteiger partial charge in [-0.25, -0.2) is 0 Å². The van der Waals surface area contributed by atoms with Crippen molar-refractivity contribution in [3.8, 4) is 0 Å². The van der Waals surface area contributed by atoms with E-state index in [-0.39, 0.29) is 0 Å². The average Bonchev–Trinajstić information content (AvgIpc) is 2.93. The predicted molar refractivity (Wildman–Crippen MR) is 74.7 cm³/mol. The van der Waals surface area contributed by atoms with Crippen molar-refractivity contribution in [1.29, 1.82) is 0 Å². The SMILES string of the molecule is CCN1CCC(N(C)C(CN)C2CCCO2)CC1. The molecule has 2 fully saturated rings. The predicted octanol–water partition coefficient (Wildman–Crippen LogP) is 0.909. The topological polar surface area (TPSA) is 41.7 Å². The lowest BCUT2D eigenvalue weighted by atomic mass is 9.99. The number of ether oxygens (including phenoxy) is 1. The fraction of sp³-hybridized carbons (Fsp3) is 1.00. The van der Waals surface area contributed by atoms with Gasteiger partial charge < -0.3 is 15.4 Å². The van der Waals surface area contributed by atoms with Crippen LogP contribution in [0.25, 0.3) is 0 Å². The Hall–Kier alpha value is -0.160. The normalized spacial score (nSPS) is 29.0. The first-order chi connectivity index (χ1) is 8.76. The minimum Gasteiger partial charge on any atom is -0.377 e. The van der Waals surface area contributed by atoms with E-state index in [4.69, 9.17) is 10.5 Å². The number of piperidine rings is 1. The van der Waals surface area contributed by atoms with Gasteiger partial charge in [0.15, 0.2) is 0 Å². The number of rotatable bonds is 5. The zero-order chi connectivity index (χ0) is 13.0. The molecule has 0 bridgehead atoms. The first-order valence-corrected chi connectivity index (χ1v) is 7.52. The van der Waals surface area contributed by atoms with Crippen LogP contribution in [0, 0.1) is 0 Å². The summed E-state index contributed by atoms with van der Waals surface area (Å²) in [4.78, 5) is 5.04. The lowest BCUT2D eigenvalue weighted by Gasteiger charge is -2.41. The maximum absolute atomic E-state index is 5.98. The second kappa shape index (κ2) is 6.85. The summed E-state index contributed by atoms with van der Waals surface area (Å²) in [5.74, 6) is 0. The monoisotopic (exact) mass is 255 g/mol. The number of nitrogens with two attached hydrogens (primary N) is 1. The van der Waals surface area contributed by atoms with Gasteiger partial charge in [0, 0.05) is 25.2 Å². The van der Waals surface area contributed by atoms with Crippen LogP contribution in [-0.2, 0) is 4.74 Å². The largest absolute Gasteiger partial charge is 0.377 e. The molecule has 0 aromatic carbocycles. The zero-order valence-electron chi connectivity index (χ0n) is 12.0. The fourth-order valence-electron chi connectivity index (χ4n) is 3.40. The van der Waals surface area contributed by atoms with E-state index < -0.39 is 0 Å². The molecule has 2 atom stereocenters. The highest BCUT2D eigenvalue weighted by molar-refractivity contribution is 4.88. The molecule has 2 aliphatic rings. The maximum atomic E-state index is 5.98. The molecule has 0 radical (unpaired) electrons. The summed E-state index contributed by atoms with van der Waals surface area (Å²) in [6.07, 6.45) is 5.29. The van der Waals surface area contributed by atoms with Crippen molar-refractivity contribution in [2.75, 3.05) is 39.8 Å². The third kappa shape index (κ3) is 3.23. The van der Waals surface area contributed by atoms with Crippen LogP contribution in [0.15, 0.2) is 0 Å². The molecule has 0 aliphatic carbocycles. The van der Waals surface area contributed by atoms with Crippen LogP contribution in [0.4, 0.5) is 0 Å². The molecule has 2 unspecified atom stereocenters. The zero-order valence-corrected chi connectivity index (χ0v) is 12.0. The Bertz CT molecular complexity index is 235. The Morgan fingerprint density at radius 3 is 2.56 bits per heavy atom. The van der Waals surface area contributed by atoms with E-state index in [1.54, 1.807) is 0 Å². The summed E-state index contributed by atoms with van der Waals surface area (Å²) in [6.45, 7) is 7.53. The molecule has 0 saturated carbocycles. The Morgan fingerprint density at radius 2 is 2.06 bits per heavy atom. The summed E-state index contributed by atoms with van der Waals surface area (Å²) in [7, 11) is 2.24. The molecule has 4 heteroatoms. The molecular formula is C14H29N3O. The molecule has 106 valence electrons. The van der Waals surface area contributed by atoms with Gasteiger partial charge in [-0.05, 0) is 52.4 Å². The fourth-order valence-corrected chi connectivity index (χ4v) is 3.40. The van der Waals surface area contributed by atoms with E-state index in [1.165, 1.54) is 45.3 Å². The highest BCUT2D eigenvalue weighted by atomic mass is 16.5. The molecule has 2 aliphatic heterocycles. The van der Waals surface area contributed by atoms with Crippen molar-refractivity contribution in [2.24, 2.45) is 5.73 Å². The molecule has 0 aromatic heterocycles. The van der Waals surface area contributed by atoms with E-state index >= 15 is 0 Å². The van der Waals surface area contributed by atoms with Gasteiger partial charge in [-0.2, -0.15) is 0 Å². The Morgan fingerprint density at radius 1 is 1.33 bits per heavy atom. The van der Waals surface area contributed by atoms with Crippen LogP contribution in [-0.4, -0.2) is 67.8 Å². The Kier molecular flexibility index (Phi) is 5.42. The van der Waals surface area contributed by atoms with Crippen molar-refractivity contribution in [3.05, 3.63) is 0 Å². The smallest absolute Gasteiger partial charge is 0.0743 e. The average molecular weight is 255 g/mol. The second-order valence-electron chi connectivity index (χ2n) is 5.69. The van der Waals surface area contributed by atoms with Crippen molar-refractivity contribution >= 4 is 0 Å². The number of nitrogens with zero attached hydrogens (tertiary/aromatic N) is 2. The first kappa shape index (κ1) is 14.3. The Balaban J connectivity index is 1.86. The lowest BCUT2D eigenvalue weighted by Crippen LogP contribution is -2.53. The van der Waals surface area contributed by atoms with Gasteiger partial charge in [0.1, 0.15) is 0 Å². The molecule has 0 amide bonds. The summed E-state index contributed by atoms with van der Waals surface area (Å²) in [6, 6.07) is 1.09. The van der Waals surface area contributed by atoms with Crippen LogP contribution < -0.4 is 5.73 Å². The molecule has 2 saturated heterocycles. The van der Waals surface area contributed by atoms with Gasteiger partial charge in [0.05, 0.1) is 6.10 Å². The molecule has 4 nitrogen and oxygen atoms in total. The third-order valence-electron chi connectivity index (χ3n) is 4.74. The molecular weight excluding hydrogens is 226 g/mol. The number of hydrogen-bond donors (Lipinski definition) is 1. The van der Waals surface area contributed by atoms with E-state index in [9.17, 15) is 0 Å². The van der Waals surface area contributed by atoms with Gasteiger partial charge in [0.25, 0.3) is 0 Å². The third-order valence-corrected chi connectivity index (χ3v) is 4.74. The van der Waals surface area contributed by atoms with Crippen LogP contribution in [0.2, 0.25) is 0 Å². The van der Waals surface area contributed by atoms with Crippen molar-refractivity contribution < 1.29 is 4.74 Å². The summed E-state index contributed by atoms with van der Waals surface area (Å²) >= 11 is 0. The van der Waals surface area contributed by atoms with E-state index in [0.717, 1.165) is 13.2 Å². The van der Waals surface area contributed by atoms with Crippen LogP contribution in [0.3, 0.4) is 0 Å². The van der Waals surface area contributed by atoms with Crippen LogP contribution >= 0.6 is 0 Å². The highest BCUT2D eigenvalue weighted by Gasteiger charge is 2.32. The van der Waals surface area contributed by atoms with Crippen molar-refractivity contribution in [3.63, 3.8) is 0 Å². The number of likely N-dealkylation sites (N-methyl/N-ethyl adjacent to an activating group) is 1. The standard InChI is InChI=1S/C14H29N3O/c1-3-17-8-6-12(7-9-17)16(2)13(11-15)14-5-4-10-18-14/h12-14H,3-11,15H2,1-2H3. The summed E-state index contributed by atoms with van der Waals surface area (Å²) < 4.78 is 5.83.